The molecule has 0 aromatic carbocycles. The van der Waals surface area contributed by atoms with Crippen molar-refractivity contribution in [3.8, 4) is 6.07 Å². The van der Waals surface area contributed by atoms with Gasteiger partial charge in [0.1, 0.15) is 0 Å². The van der Waals surface area contributed by atoms with Gasteiger partial charge in [0, 0.05) is 6.08 Å². The van der Waals surface area contributed by atoms with E-state index in [0.717, 1.165) is 12.5 Å². The molecule has 0 unspecified atom stereocenters. The zero-order chi connectivity index (χ0) is 7.98. The molecule has 0 aromatic rings. The van der Waals surface area contributed by atoms with Crippen LogP contribution in [0.4, 0.5) is 0 Å². The Bertz CT molecular complexity index is 158. The van der Waals surface area contributed by atoms with Crippen LogP contribution in [0.25, 0.3) is 0 Å². The molecule has 56 valence electrons. The summed E-state index contributed by atoms with van der Waals surface area (Å²) in [6, 6.07) is 1.72. The maximum atomic E-state index is 10.7. The van der Waals surface area contributed by atoms with Crippen molar-refractivity contribution in [1.82, 2.24) is 0 Å². The van der Waals surface area contributed by atoms with E-state index in [9.17, 15) is 5.11 Å². The van der Waals surface area contributed by atoms with E-state index >= 15 is 0 Å². The van der Waals surface area contributed by atoms with Crippen LogP contribution >= 0.6 is 0 Å². The first kappa shape index (κ1) is 14.2. The second-order valence-electron chi connectivity index (χ2n) is 2.67. The number of allylic oxidation sites excluding steroid dienone is 2. The Kier molecular flexibility index (Phi) is 11.3. The van der Waals surface area contributed by atoms with Crippen LogP contribution in [0.5, 0.6) is 0 Å². The van der Waals surface area contributed by atoms with Gasteiger partial charge in [-0.25, -0.2) is 0 Å². The van der Waals surface area contributed by atoms with Crippen molar-refractivity contribution in [2.75, 3.05) is 0 Å². The molecule has 0 atom stereocenters. The monoisotopic (exact) mass is 177 g/mol. The number of nitriles is 1. The molecule has 0 amide bonds. The molecule has 0 radical (unpaired) electrons. The van der Waals surface area contributed by atoms with Crippen molar-refractivity contribution in [2.45, 2.75) is 26.7 Å². The average Bonchev–Trinajstić information content (AvgIpc) is 1.85. The maximum absolute atomic E-state index is 10.7. The van der Waals surface area contributed by atoms with E-state index in [-0.39, 0.29) is 57.1 Å². The van der Waals surface area contributed by atoms with Crippen LogP contribution in [0, 0.1) is 17.2 Å². The number of hydrogen-bond acceptors (Lipinski definition) is 2. The van der Waals surface area contributed by atoms with Crippen molar-refractivity contribution >= 4 is 0 Å². The topological polar surface area (TPSA) is 46.8 Å². The van der Waals surface area contributed by atoms with Crippen LogP contribution in [0.3, 0.4) is 0 Å². The van der Waals surface area contributed by atoms with Crippen LogP contribution < -0.4 is 56.5 Å². The van der Waals surface area contributed by atoms with Gasteiger partial charge < -0.3 is 5.11 Å². The zero-order valence-electron chi connectivity index (χ0n) is 7.42. The van der Waals surface area contributed by atoms with Crippen molar-refractivity contribution in [2.24, 2.45) is 5.92 Å². The fourth-order valence-corrected chi connectivity index (χ4v) is 0.575. The SMILES string of the molecule is CC(C)CC/C([O-])=C/C#N.[K+]. The van der Waals surface area contributed by atoms with Gasteiger partial charge in [-0.2, -0.15) is 5.26 Å². The molecule has 0 saturated carbocycles. The van der Waals surface area contributed by atoms with E-state index in [1.807, 2.05) is 0 Å². The van der Waals surface area contributed by atoms with Crippen LogP contribution in [-0.2, 0) is 0 Å². The van der Waals surface area contributed by atoms with Crippen molar-refractivity contribution in [3.05, 3.63) is 11.8 Å². The van der Waals surface area contributed by atoms with Gasteiger partial charge in [-0.05, 0) is 18.8 Å². The Hall–Kier alpha value is 0.666. The second kappa shape index (κ2) is 8.76. The fourth-order valence-electron chi connectivity index (χ4n) is 0.575. The normalized spacial score (nSPS) is 10.5. The quantitative estimate of drug-likeness (QED) is 0.290. The van der Waals surface area contributed by atoms with Crippen LogP contribution in [0.1, 0.15) is 26.7 Å². The summed E-state index contributed by atoms with van der Waals surface area (Å²) in [7, 11) is 0. The van der Waals surface area contributed by atoms with E-state index < -0.39 is 0 Å². The Labute approximate surface area is 111 Å². The van der Waals surface area contributed by atoms with Gasteiger partial charge in [0.15, 0.2) is 0 Å². The maximum Gasteiger partial charge on any atom is 1.00 e. The first-order valence-corrected chi connectivity index (χ1v) is 3.42. The molecule has 0 N–H and O–H groups in total. The molecule has 0 aliphatic carbocycles. The summed E-state index contributed by atoms with van der Waals surface area (Å²) in [5, 5.41) is 18.7. The second-order valence-corrected chi connectivity index (χ2v) is 2.67. The Morgan fingerprint density at radius 1 is 1.64 bits per heavy atom. The molecule has 0 aromatic heterocycles. The van der Waals surface area contributed by atoms with Gasteiger partial charge in [0.2, 0.25) is 0 Å². The summed E-state index contributed by atoms with van der Waals surface area (Å²) in [4.78, 5) is 0. The molecule has 0 rings (SSSR count). The molecular weight excluding hydrogens is 165 g/mol. The minimum atomic E-state index is -0.0591. The third kappa shape index (κ3) is 10.7. The van der Waals surface area contributed by atoms with Crippen LogP contribution in [0.15, 0.2) is 11.8 Å². The zero-order valence-corrected chi connectivity index (χ0v) is 10.5. The Morgan fingerprint density at radius 3 is 2.55 bits per heavy atom. The molecule has 0 aliphatic heterocycles. The minimum absolute atomic E-state index is 0. The van der Waals surface area contributed by atoms with Gasteiger partial charge >= 0.3 is 51.4 Å². The molecule has 2 nitrogen and oxygen atoms in total. The van der Waals surface area contributed by atoms with Gasteiger partial charge in [-0.3, -0.25) is 0 Å². The van der Waals surface area contributed by atoms with E-state index in [1.54, 1.807) is 6.07 Å². The van der Waals surface area contributed by atoms with Gasteiger partial charge in [-0.15, -0.1) is 5.76 Å². The smallest absolute Gasteiger partial charge is 0.875 e. The third-order valence-corrected chi connectivity index (χ3v) is 1.19. The Balaban J connectivity index is 0. The number of nitrogens with zero attached hydrogens (tertiary/aromatic N) is 1. The van der Waals surface area contributed by atoms with Crippen LogP contribution in [0.2, 0.25) is 0 Å². The van der Waals surface area contributed by atoms with E-state index in [1.165, 1.54) is 0 Å². The molecular formula is C8H12KNO. The van der Waals surface area contributed by atoms with Crippen molar-refractivity contribution in [3.63, 3.8) is 0 Å². The predicted molar refractivity (Wildman–Crippen MR) is 37.8 cm³/mol. The molecule has 0 fully saturated rings. The van der Waals surface area contributed by atoms with E-state index in [0.29, 0.717) is 12.3 Å². The summed E-state index contributed by atoms with van der Waals surface area (Å²) >= 11 is 0. The molecule has 0 heterocycles. The first-order valence-electron chi connectivity index (χ1n) is 3.42. The minimum Gasteiger partial charge on any atom is -0.875 e. The number of hydrogen-bond donors (Lipinski definition) is 0. The largest absolute Gasteiger partial charge is 1.00 e. The molecule has 3 heteroatoms. The first-order chi connectivity index (χ1) is 4.66. The molecule has 0 spiro atoms. The molecule has 0 aliphatic rings. The van der Waals surface area contributed by atoms with Crippen molar-refractivity contribution in [1.29, 1.82) is 5.26 Å². The predicted octanol–water partition coefficient (Wildman–Crippen LogP) is -1.81. The Morgan fingerprint density at radius 2 is 2.18 bits per heavy atom. The fraction of sp³-hybridized carbons (Fsp3) is 0.625. The average molecular weight is 177 g/mol. The summed E-state index contributed by atoms with van der Waals surface area (Å²) in [5.74, 6) is 0.479. The summed E-state index contributed by atoms with van der Waals surface area (Å²) in [5.41, 5.74) is 0. The number of rotatable bonds is 3. The van der Waals surface area contributed by atoms with Crippen LogP contribution in [-0.4, -0.2) is 0 Å². The van der Waals surface area contributed by atoms with Gasteiger partial charge in [0.05, 0.1) is 6.07 Å². The summed E-state index contributed by atoms with van der Waals surface area (Å²) < 4.78 is 0. The van der Waals surface area contributed by atoms with Gasteiger partial charge in [0.25, 0.3) is 0 Å². The summed E-state index contributed by atoms with van der Waals surface area (Å²) in [6.07, 6.45) is 2.45. The molecule has 0 bridgehead atoms. The molecule has 11 heavy (non-hydrogen) atoms. The standard InChI is InChI=1S/C8H13NO.K/c1-7(2)3-4-8(10)5-6-9;/h5,7,10H,3-4H2,1-2H3;/q;+1/p-1/b8-5-;. The summed E-state index contributed by atoms with van der Waals surface area (Å²) in [6.45, 7) is 4.11. The van der Waals surface area contributed by atoms with Gasteiger partial charge in [-0.1, -0.05) is 13.8 Å². The van der Waals surface area contributed by atoms with E-state index in [4.69, 9.17) is 5.26 Å². The van der Waals surface area contributed by atoms with E-state index in [2.05, 4.69) is 13.8 Å². The molecule has 0 saturated heterocycles. The third-order valence-electron chi connectivity index (χ3n) is 1.19. The van der Waals surface area contributed by atoms with Crippen molar-refractivity contribution < 1.29 is 56.5 Å².